The van der Waals surface area contributed by atoms with Crippen LogP contribution in [-0.2, 0) is 4.74 Å². The summed E-state index contributed by atoms with van der Waals surface area (Å²) in [4.78, 5) is 0. The van der Waals surface area contributed by atoms with Crippen LogP contribution >= 0.6 is 0 Å². The first-order valence-electron chi connectivity index (χ1n) is 12.5. The van der Waals surface area contributed by atoms with E-state index in [1.165, 1.54) is 57.8 Å². The van der Waals surface area contributed by atoms with Crippen molar-refractivity contribution >= 4 is 0 Å². The number of nitriles is 1. The standard InChI is InChI=1S/C26H39N3O/c1-17(29-15-19(13-27)14-28-29)24-8-9-25-23-7-5-20-12-18(16-30-3)4-6-21(20)22(23)10-11-26(24,25)2/h14-15,17-18,20-25H,4-12,16H2,1-3H3. The summed E-state index contributed by atoms with van der Waals surface area (Å²) in [5.41, 5.74) is 1.13. The van der Waals surface area contributed by atoms with Crippen LogP contribution in [0.1, 0.15) is 83.2 Å². The maximum Gasteiger partial charge on any atom is 0.102 e. The average Bonchev–Trinajstić information content (AvgIpc) is 3.37. The summed E-state index contributed by atoms with van der Waals surface area (Å²) in [6.45, 7) is 5.92. The topological polar surface area (TPSA) is 50.8 Å². The quantitative estimate of drug-likeness (QED) is 0.627. The van der Waals surface area contributed by atoms with Crippen LogP contribution in [0.3, 0.4) is 0 Å². The number of hydrogen-bond acceptors (Lipinski definition) is 3. The second-order valence-corrected chi connectivity index (χ2v) is 11.4. The van der Waals surface area contributed by atoms with Gasteiger partial charge in [-0.3, -0.25) is 4.68 Å². The van der Waals surface area contributed by atoms with Gasteiger partial charge >= 0.3 is 0 Å². The van der Waals surface area contributed by atoms with E-state index in [1.807, 2.05) is 13.3 Å². The number of hydrogen-bond donors (Lipinski definition) is 0. The highest BCUT2D eigenvalue weighted by atomic mass is 16.5. The van der Waals surface area contributed by atoms with Crippen molar-refractivity contribution in [3.63, 3.8) is 0 Å². The minimum absolute atomic E-state index is 0.388. The van der Waals surface area contributed by atoms with Crippen molar-refractivity contribution in [1.82, 2.24) is 9.78 Å². The van der Waals surface area contributed by atoms with Crippen molar-refractivity contribution in [3.05, 3.63) is 18.0 Å². The first-order valence-corrected chi connectivity index (χ1v) is 12.5. The zero-order valence-electron chi connectivity index (χ0n) is 19.1. The largest absolute Gasteiger partial charge is 0.384 e. The highest BCUT2D eigenvalue weighted by Gasteiger charge is 2.58. The summed E-state index contributed by atoms with van der Waals surface area (Å²) >= 11 is 0. The Kier molecular flexibility index (Phi) is 5.46. The van der Waals surface area contributed by atoms with Crippen LogP contribution in [0, 0.1) is 58.2 Å². The molecule has 9 unspecified atom stereocenters. The third-order valence-electron chi connectivity index (χ3n) is 10.3. The van der Waals surface area contributed by atoms with E-state index in [9.17, 15) is 5.26 Å². The van der Waals surface area contributed by atoms with E-state index in [4.69, 9.17) is 4.74 Å². The predicted molar refractivity (Wildman–Crippen MR) is 118 cm³/mol. The Balaban J connectivity index is 1.31. The molecular weight excluding hydrogens is 370 g/mol. The van der Waals surface area contributed by atoms with Gasteiger partial charge in [0, 0.05) is 19.9 Å². The summed E-state index contributed by atoms with van der Waals surface area (Å²) in [7, 11) is 1.87. The molecular formula is C26H39N3O. The molecule has 0 aliphatic heterocycles. The molecule has 1 aromatic heterocycles. The molecule has 1 aromatic rings. The molecule has 0 saturated heterocycles. The van der Waals surface area contributed by atoms with Gasteiger partial charge in [-0.1, -0.05) is 6.92 Å². The van der Waals surface area contributed by atoms with E-state index < -0.39 is 0 Å². The molecule has 4 heteroatoms. The molecule has 4 saturated carbocycles. The van der Waals surface area contributed by atoms with E-state index in [-0.39, 0.29) is 0 Å². The molecule has 0 amide bonds. The van der Waals surface area contributed by atoms with Crippen LogP contribution in [0.25, 0.3) is 0 Å². The van der Waals surface area contributed by atoms with Crippen molar-refractivity contribution < 1.29 is 4.74 Å². The number of aromatic nitrogens is 2. The van der Waals surface area contributed by atoms with Crippen LogP contribution in [0.15, 0.2) is 12.4 Å². The second kappa shape index (κ2) is 7.97. The molecule has 164 valence electrons. The van der Waals surface area contributed by atoms with Gasteiger partial charge in [-0.15, -0.1) is 0 Å². The Hall–Kier alpha value is -1.34. The summed E-state index contributed by atoms with van der Waals surface area (Å²) < 4.78 is 7.57. The van der Waals surface area contributed by atoms with Gasteiger partial charge in [0.1, 0.15) is 6.07 Å². The van der Waals surface area contributed by atoms with Gasteiger partial charge in [0.2, 0.25) is 0 Å². The maximum atomic E-state index is 9.20. The average molecular weight is 410 g/mol. The van der Waals surface area contributed by atoms with Crippen molar-refractivity contribution in [1.29, 1.82) is 5.26 Å². The minimum atomic E-state index is 0.388. The zero-order chi connectivity index (χ0) is 20.9. The van der Waals surface area contributed by atoms with Crippen LogP contribution < -0.4 is 0 Å². The number of ether oxygens (including phenoxy) is 1. The summed E-state index contributed by atoms with van der Waals surface area (Å²) in [5, 5.41) is 13.7. The molecule has 5 rings (SSSR count). The Morgan fingerprint density at radius 3 is 2.77 bits per heavy atom. The fraction of sp³-hybridized carbons (Fsp3) is 0.846. The lowest BCUT2D eigenvalue weighted by atomic mass is 9.49. The van der Waals surface area contributed by atoms with Crippen LogP contribution in [0.4, 0.5) is 0 Å². The van der Waals surface area contributed by atoms with Crippen LogP contribution in [0.5, 0.6) is 0 Å². The third-order valence-corrected chi connectivity index (χ3v) is 10.3. The normalized spacial score (nSPS) is 43.9. The van der Waals surface area contributed by atoms with Gasteiger partial charge < -0.3 is 4.74 Å². The van der Waals surface area contributed by atoms with Gasteiger partial charge in [-0.05, 0) is 112 Å². The van der Waals surface area contributed by atoms with E-state index in [0.717, 1.165) is 42.1 Å². The first kappa shape index (κ1) is 20.6. The second-order valence-electron chi connectivity index (χ2n) is 11.4. The van der Waals surface area contributed by atoms with Gasteiger partial charge in [-0.2, -0.15) is 10.4 Å². The molecule has 4 nitrogen and oxygen atoms in total. The summed E-state index contributed by atoms with van der Waals surface area (Å²) in [6, 6.07) is 2.63. The molecule has 0 N–H and O–H groups in total. The highest BCUT2D eigenvalue weighted by Crippen LogP contribution is 2.65. The van der Waals surface area contributed by atoms with E-state index >= 15 is 0 Å². The molecule has 4 aliphatic carbocycles. The fourth-order valence-electron chi connectivity index (χ4n) is 8.97. The Labute approximate surface area is 182 Å². The molecule has 9 atom stereocenters. The lowest BCUT2D eigenvalue weighted by Gasteiger charge is -2.56. The lowest BCUT2D eigenvalue weighted by molar-refractivity contribution is -0.0765. The van der Waals surface area contributed by atoms with Gasteiger partial charge in [0.25, 0.3) is 0 Å². The van der Waals surface area contributed by atoms with Crippen molar-refractivity contribution in [2.24, 2.45) is 46.8 Å². The number of fused-ring (bicyclic) bond motifs is 5. The van der Waals surface area contributed by atoms with Gasteiger partial charge in [0.05, 0.1) is 17.8 Å². The molecule has 0 aromatic carbocycles. The fourth-order valence-corrected chi connectivity index (χ4v) is 8.97. The molecule has 4 aliphatic rings. The number of nitrogens with zero attached hydrogens (tertiary/aromatic N) is 3. The van der Waals surface area contributed by atoms with Crippen molar-refractivity contribution in [2.45, 2.75) is 77.7 Å². The molecule has 30 heavy (non-hydrogen) atoms. The first-order chi connectivity index (χ1) is 14.5. The van der Waals surface area contributed by atoms with Crippen molar-refractivity contribution in [3.8, 4) is 6.07 Å². The Bertz CT molecular complexity index is 796. The highest BCUT2D eigenvalue weighted by molar-refractivity contribution is 5.22. The molecule has 0 bridgehead atoms. The molecule has 0 spiro atoms. The van der Waals surface area contributed by atoms with Gasteiger partial charge in [-0.25, -0.2) is 0 Å². The number of methoxy groups -OCH3 is 1. The SMILES string of the molecule is COCC1CCC2C(CCC3C2CCC2(C)C3CCC2C(C)n2cc(C#N)cn2)C1. The Morgan fingerprint density at radius 1 is 1.17 bits per heavy atom. The number of rotatable bonds is 4. The predicted octanol–water partition coefficient (Wildman–Crippen LogP) is 5.85. The van der Waals surface area contributed by atoms with Crippen LogP contribution in [0.2, 0.25) is 0 Å². The van der Waals surface area contributed by atoms with Gasteiger partial charge in [0.15, 0.2) is 0 Å². The van der Waals surface area contributed by atoms with E-state index in [2.05, 4.69) is 29.7 Å². The smallest absolute Gasteiger partial charge is 0.102 e. The van der Waals surface area contributed by atoms with E-state index in [0.29, 0.717) is 22.9 Å². The molecule has 1 heterocycles. The monoisotopic (exact) mass is 409 g/mol. The lowest BCUT2D eigenvalue weighted by Crippen LogP contribution is -2.49. The van der Waals surface area contributed by atoms with E-state index in [1.54, 1.807) is 6.20 Å². The summed E-state index contributed by atoms with van der Waals surface area (Å²) in [5.74, 6) is 6.28. The maximum absolute atomic E-state index is 9.20. The zero-order valence-corrected chi connectivity index (χ0v) is 19.1. The molecule has 0 radical (unpaired) electrons. The minimum Gasteiger partial charge on any atom is -0.384 e. The molecule has 4 fully saturated rings. The van der Waals surface area contributed by atoms with Crippen molar-refractivity contribution in [2.75, 3.05) is 13.7 Å². The Morgan fingerprint density at radius 2 is 2.00 bits per heavy atom. The summed E-state index contributed by atoms with van der Waals surface area (Å²) in [6.07, 6.45) is 16.4. The third kappa shape index (κ3) is 3.24. The van der Waals surface area contributed by atoms with Crippen LogP contribution in [-0.4, -0.2) is 23.5 Å².